The normalized spacial score (nSPS) is 18.2. The number of hydrogen-bond donors (Lipinski definition) is 2. The highest BCUT2D eigenvalue weighted by Crippen LogP contribution is 2.20. The zero-order valence-electron chi connectivity index (χ0n) is 12.8. The smallest absolute Gasteiger partial charge is 0.408 e. The maximum absolute atomic E-state index is 11.9. The van der Waals surface area contributed by atoms with Crippen LogP contribution in [0.15, 0.2) is 0 Å². The molecule has 1 heterocycles. The van der Waals surface area contributed by atoms with E-state index < -0.39 is 17.7 Å². The van der Waals surface area contributed by atoms with E-state index in [4.69, 9.17) is 9.47 Å². The molecular formula is C14H26N2O4. The van der Waals surface area contributed by atoms with Crippen LogP contribution in [0.2, 0.25) is 0 Å². The Labute approximate surface area is 120 Å². The molecule has 0 spiro atoms. The third kappa shape index (κ3) is 6.23. The van der Waals surface area contributed by atoms with E-state index in [1.54, 1.807) is 27.8 Å². The highest BCUT2D eigenvalue weighted by molar-refractivity contribution is 5.85. The second-order valence-electron chi connectivity index (χ2n) is 6.10. The third-order valence-corrected chi connectivity index (χ3v) is 3.16. The summed E-state index contributed by atoms with van der Waals surface area (Å²) < 4.78 is 10.5. The first kappa shape index (κ1) is 16.8. The van der Waals surface area contributed by atoms with Crippen LogP contribution in [0.4, 0.5) is 4.79 Å². The monoisotopic (exact) mass is 286 g/mol. The molecule has 1 aliphatic rings. The molecule has 2 amide bonds. The van der Waals surface area contributed by atoms with Crippen molar-refractivity contribution in [2.24, 2.45) is 5.92 Å². The molecule has 0 radical (unpaired) electrons. The van der Waals surface area contributed by atoms with Crippen LogP contribution in [0.5, 0.6) is 0 Å². The van der Waals surface area contributed by atoms with E-state index in [9.17, 15) is 9.59 Å². The number of alkyl carbamates (subject to hydrolysis) is 1. The zero-order chi connectivity index (χ0) is 15.2. The van der Waals surface area contributed by atoms with Gasteiger partial charge in [0.15, 0.2) is 0 Å². The first-order valence-electron chi connectivity index (χ1n) is 7.10. The Morgan fingerprint density at radius 3 is 2.40 bits per heavy atom. The first-order chi connectivity index (χ1) is 9.31. The summed E-state index contributed by atoms with van der Waals surface area (Å²) >= 11 is 0. The van der Waals surface area contributed by atoms with Crippen molar-refractivity contribution in [3.63, 3.8) is 0 Å². The van der Waals surface area contributed by atoms with Crippen molar-refractivity contribution in [2.45, 2.75) is 51.7 Å². The highest BCUT2D eigenvalue weighted by Gasteiger charge is 2.27. The lowest BCUT2D eigenvalue weighted by molar-refractivity contribution is -0.123. The number of amides is 2. The van der Waals surface area contributed by atoms with Crippen LogP contribution in [0.25, 0.3) is 0 Å². The highest BCUT2D eigenvalue weighted by atomic mass is 16.6. The van der Waals surface area contributed by atoms with E-state index in [1.807, 2.05) is 0 Å². The van der Waals surface area contributed by atoms with Crippen molar-refractivity contribution in [1.29, 1.82) is 0 Å². The summed E-state index contributed by atoms with van der Waals surface area (Å²) in [5.74, 6) is 0.198. The molecule has 1 rings (SSSR count). The molecule has 0 unspecified atom stereocenters. The van der Waals surface area contributed by atoms with Crippen LogP contribution in [0, 0.1) is 5.92 Å². The topological polar surface area (TPSA) is 76.7 Å². The van der Waals surface area contributed by atoms with Gasteiger partial charge in [0.2, 0.25) is 5.91 Å². The number of carbonyl (C=O) groups excluding carboxylic acids is 2. The van der Waals surface area contributed by atoms with E-state index in [2.05, 4.69) is 10.6 Å². The van der Waals surface area contributed by atoms with Crippen LogP contribution in [0.3, 0.4) is 0 Å². The summed E-state index contributed by atoms with van der Waals surface area (Å²) in [4.78, 5) is 23.7. The largest absolute Gasteiger partial charge is 0.444 e. The zero-order valence-corrected chi connectivity index (χ0v) is 12.8. The maximum atomic E-state index is 11.9. The first-order valence-corrected chi connectivity index (χ1v) is 7.10. The van der Waals surface area contributed by atoms with Gasteiger partial charge in [-0.15, -0.1) is 0 Å². The molecule has 0 aliphatic carbocycles. The van der Waals surface area contributed by atoms with Gasteiger partial charge in [-0.2, -0.15) is 0 Å². The number of carbonyl (C=O) groups is 2. The Kier molecular flexibility index (Phi) is 6.26. The van der Waals surface area contributed by atoms with Gasteiger partial charge in [0.25, 0.3) is 0 Å². The standard InChI is InChI=1S/C14H26N2O4/c1-14(2,3)20-13(18)16-11(12(17)15-4)9-10-5-7-19-8-6-10/h10-11H,5-9H2,1-4H3,(H,15,17)(H,16,18)/t11-/m0/s1. The minimum atomic E-state index is -0.573. The summed E-state index contributed by atoms with van der Waals surface area (Å²) in [5.41, 5.74) is -0.573. The van der Waals surface area contributed by atoms with Gasteiger partial charge in [-0.05, 0) is 46.0 Å². The molecule has 20 heavy (non-hydrogen) atoms. The summed E-state index contributed by atoms with van der Waals surface area (Å²) in [6.07, 6.45) is 1.90. The van der Waals surface area contributed by atoms with Crippen molar-refractivity contribution in [2.75, 3.05) is 20.3 Å². The predicted octanol–water partition coefficient (Wildman–Crippen LogP) is 1.44. The fraction of sp³-hybridized carbons (Fsp3) is 0.857. The van der Waals surface area contributed by atoms with E-state index in [-0.39, 0.29) is 5.91 Å². The quantitative estimate of drug-likeness (QED) is 0.820. The van der Waals surface area contributed by atoms with Gasteiger partial charge in [0.05, 0.1) is 0 Å². The van der Waals surface area contributed by atoms with Gasteiger partial charge in [-0.1, -0.05) is 0 Å². The lowest BCUT2D eigenvalue weighted by atomic mass is 9.92. The Balaban J connectivity index is 2.55. The van der Waals surface area contributed by atoms with Gasteiger partial charge in [0, 0.05) is 20.3 Å². The molecule has 1 fully saturated rings. The lowest BCUT2D eigenvalue weighted by Gasteiger charge is -2.27. The molecule has 0 aromatic carbocycles. The fourth-order valence-electron chi connectivity index (χ4n) is 2.17. The van der Waals surface area contributed by atoms with Crippen LogP contribution in [-0.2, 0) is 14.3 Å². The molecule has 1 atom stereocenters. The van der Waals surface area contributed by atoms with E-state index in [0.29, 0.717) is 12.3 Å². The molecule has 0 bridgehead atoms. The predicted molar refractivity (Wildman–Crippen MR) is 75.4 cm³/mol. The van der Waals surface area contributed by atoms with Crippen LogP contribution >= 0.6 is 0 Å². The van der Waals surface area contributed by atoms with Gasteiger partial charge < -0.3 is 20.1 Å². The van der Waals surface area contributed by atoms with Crippen LogP contribution in [0.1, 0.15) is 40.0 Å². The SMILES string of the molecule is CNC(=O)[C@H](CC1CCOCC1)NC(=O)OC(C)(C)C. The minimum Gasteiger partial charge on any atom is -0.444 e. The Bertz CT molecular complexity index is 333. The second kappa shape index (κ2) is 7.47. The fourth-order valence-corrected chi connectivity index (χ4v) is 2.17. The number of ether oxygens (including phenoxy) is 2. The number of rotatable bonds is 4. The molecule has 1 saturated heterocycles. The Hall–Kier alpha value is -1.30. The molecule has 6 nitrogen and oxygen atoms in total. The second-order valence-corrected chi connectivity index (χ2v) is 6.10. The molecule has 0 aromatic rings. The van der Waals surface area contributed by atoms with Crippen molar-refractivity contribution in [3.8, 4) is 0 Å². The average Bonchev–Trinajstić information content (AvgIpc) is 2.36. The summed E-state index contributed by atoms with van der Waals surface area (Å²) in [5, 5.41) is 5.24. The van der Waals surface area contributed by atoms with Crippen molar-refractivity contribution >= 4 is 12.0 Å². The molecule has 0 saturated carbocycles. The number of nitrogens with one attached hydrogen (secondary N) is 2. The number of likely N-dealkylation sites (N-methyl/N-ethyl adjacent to an activating group) is 1. The van der Waals surface area contributed by atoms with Crippen molar-refractivity contribution in [3.05, 3.63) is 0 Å². The lowest BCUT2D eigenvalue weighted by Crippen LogP contribution is -2.48. The summed E-state index contributed by atoms with van der Waals surface area (Å²) in [6.45, 7) is 6.81. The summed E-state index contributed by atoms with van der Waals surface area (Å²) in [6, 6.07) is -0.557. The molecule has 6 heteroatoms. The van der Waals surface area contributed by atoms with E-state index in [0.717, 1.165) is 26.1 Å². The van der Waals surface area contributed by atoms with Crippen LogP contribution < -0.4 is 10.6 Å². The van der Waals surface area contributed by atoms with Gasteiger partial charge in [-0.3, -0.25) is 4.79 Å². The van der Waals surface area contributed by atoms with E-state index in [1.165, 1.54) is 0 Å². The maximum Gasteiger partial charge on any atom is 0.408 e. The average molecular weight is 286 g/mol. The Morgan fingerprint density at radius 1 is 1.30 bits per heavy atom. The number of hydrogen-bond acceptors (Lipinski definition) is 4. The van der Waals surface area contributed by atoms with Crippen LogP contribution in [-0.4, -0.2) is 43.9 Å². The summed E-state index contributed by atoms with van der Waals surface area (Å²) in [7, 11) is 1.57. The van der Waals surface area contributed by atoms with E-state index >= 15 is 0 Å². The Morgan fingerprint density at radius 2 is 1.90 bits per heavy atom. The molecule has 116 valence electrons. The molecule has 2 N–H and O–H groups in total. The third-order valence-electron chi connectivity index (χ3n) is 3.16. The minimum absolute atomic E-state index is 0.192. The molecule has 1 aliphatic heterocycles. The van der Waals surface area contributed by atoms with Gasteiger partial charge in [0.1, 0.15) is 11.6 Å². The van der Waals surface area contributed by atoms with Gasteiger partial charge in [-0.25, -0.2) is 4.79 Å². The van der Waals surface area contributed by atoms with Crippen molar-refractivity contribution < 1.29 is 19.1 Å². The molecular weight excluding hydrogens is 260 g/mol. The molecule has 0 aromatic heterocycles. The van der Waals surface area contributed by atoms with Crippen molar-refractivity contribution in [1.82, 2.24) is 10.6 Å². The van der Waals surface area contributed by atoms with Gasteiger partial charge >= 0.3 is 6.09 Å².